The number of ether oxygens (including phenoxy) is 3. The van der Waals surface area contributed by atoms with Crippen LogP contribution in [0.2, 0.25) is 0 Å². The Kier molecular flexibility index (Phi) is 3.86. The Labute approximate surface area is 139 Å². The van der Waals surface area contributed by atoms with Crippen molar-refractivity contribution < 1.29 is 19.0 Å². The second-order valence-electron chi connectivity index (χ2n) is 5.89. The summed E-state index contributed by atoms with van der Waals surface area (Å²) in [6, 6.07) is 5.22. The summed E-state index contributed by atoms with van der Waals surface area (Å²) in [6.07, 6.45) is 4.10. The summed E-state index contributed by atoms with van der Waals surface area (Å²) in [4.78, 5) is 17.1. The SMILES string of the molecule is Cn1ccnc1[C@H]1OCC[C@@H]1NC(=O)c1cccc2c1OCCO2. The van der Waals surface area contributed by atoms with Crippen LogP contribution in [-0.2, 0) is 11.8 Å². The molecule has 0 radical (unpaired) electrons. The standard InChI is InChI=1S/C17H19N3O4/c1-20-7-6-18-16(20)15-12(5-8-23-15)19-17(21)11-3-2-4-13-14(11)24-10-9-22-13/h2-4,6-7,12,15H,5,8-10H2,1H3,(H,19,21)/t12-,15-/m0/s1. The molecule has 1 saturated heterocycles. The second kappa shape index (κ2) is 6.16. The first-order chi connectivity index (χ1) is 11.7. The molecule has 2 aliphatic heterocycles. The van der Waals surface area contributed by atoms with Crippen LogP contribution in [0.1, 0.15) is 28.7 Å². The molecule has 0 spiro atoms. The van der Waals surface area contributed by atoms with Crippen LogP contribution >= 0.6 is 0 Å². The Hall–Kier alpha value is -2.54. The molecule has 24 heavy (non-hydrogen) atoms. The average Bonchev–Trinajstić information content (AvgIpc) is 3.22. The quantitative estimate of drug-likeness (QED) is 0.922. The van der Waals surface area contributed by atoms with E-state index in [-0.39, 0.29) is 18.1 Å². The summed E-state index contributed by atoms with van der Waals surface area (Å²) in [6.45, 7) is 1.53. The lowest BCUT2D eigenvalue weighted by Gasteiger charge is -2.23. The highest BCUT2D eigenvalue weighted by molar-refractivity contribution is 5.98. The summed E-state index contributed by atoms with van der Waals surface area (Å²) >= 11 is 0. The van der Waals surface area contributed by atoms with E-state index in [1.165, 1.54) is 0 Å². The van der Waals surface area contributed by atoms with E-state index < -0.39 is 0 Å². The lowest BCUT2D eigenvalue weighted by Crippen LogP contribution is -2.38. The zero-order valence-corrected chi connectivity index (χ0v) is 13.4. The van der Waals surface area contributed by atoms with E-state index >= 15 is 0 Å². The van der Waals surface area contributed by atoms with Crippen molar-refractivity contribution in [1.29, 1.82) is 0 Å². The van der Waals surface area contributed by atoms with Gasteiger partial charge in [0.15, 0.2) is 11.5 Å². The molecule has 0 aliphatic carbocycles. The number of nitrogens with one attached hydrogen (secondary N) is 1. The van der Waals surface area contributed by atoms with Crippen molar-refractivity contribution in [3.05, 3.63) is 42.0 Å². The van der Waals surface area contributed by atoms with Gasteiger partial charge in [-0.1, -0.05) is 6.07 Å². The molecular formula is C17H19N3O4. The van der Waals surface area contributed by atoms with Crippen molar-refractivity contribution in [3.63, 3.8) is 0 Å². The number of rotatable bonds is 3. The smallest absolute Gasteiger partial charge is 0.255 e. The number of carbonyl (C=O) groups excluding carboxylic acids is 1. The van der Waals surface area contributed by atoms with Gasteiger partial charge in [-0.15, -0.1) is 0 Å². The van der Waals surface area contributed by atoms with Crippen LogP contribution in [0.4, 0.5) is 0 Å². The van der Waals surface area contributed by atoms with Gasteiger partial charge in [0.05, 0.1) is 11.6 Å². The Balaban J connectivity index is 1.55. The van der Waals surface area contributed by atoms with E-state index in [0.717, 1.165) is 12.2 Å². The molecular weight excluding hydrogens is 310 g/mol. The highest BCUT2D eigenvalue weighted by Gasteiger charge is 2.34. The second-order valence-corrected chi connectivity index (χ2v) is 5.89. The number of hydrogen-bond donors (Lipinski definition) is 1. The topological polar surface area (TPSA) is 74.6 Å². The minimum atomic E-state index is -0.245. The van der Waals surface area contributed by atoms with Crippen molar-refractivity contribution in [3.8, 4) is 11.5 Å². The first-order valence-electron chi connectivity index (χ1n) is 8.02. The fraction of sp³-hybridized carbons (Fsp3) is 0.412. The molecule has 1 aromatic carbocycles. The molecule has 7 heteroatoms. The zero-order valence-electron chi connectivity index (χ0n) is 13.4. The van der Waals surface area contributed by atoms with Crippen LogP contribution in [0.15, 0.2) is 30.6 Å². The van der Waals surface area contributed by atoms with Gasteiger partial charge in [-0.3, -0.25) is 4.79 Å². The van der Waals surface area contributed by atoms with Gasteiger partial charge < -0.3 is 24.1 Å². The van der Waals surface area contributed by atoms with Crippen molar-refractivity contribution in [1.82, 2.24) is 14.9 Å². The third kappa shape index (κ3) is 2.60. The third-order valence-electron chi connectivity index (χ3n) is 4.33. The fourth-order valence-electron chi connectivity index (χ4n) is 3.14. The highest BCUT2D eigenvalue weighted by Crippen LogP contribution is 2.34. The summed E-state index contributed by atoms with van der Waals surface area (Å²) in [5, 5.41) is 3.06. The molecule has 1 aromatic heterocycles. The van der Waals surface area contributed by atoms with Gasteiger partial charge in [0.25, 0.3) is 5.91 Å². The van der Waals surface area contributed by atoms with Crippen molar-refractivity contribution in [2.24, 2.45) is 7.05 Å². The predicted molar refractivity (Wildman–Crippen MR) is 85.2 cm³/mol. The van der Waals surface area contributed by atoms with Crippen molar-refractivity contribution >= 4 is 5.91 Å². The minimum Gasteiger partial charge on any atom is -0.486 e. The summed E-state index contributed by atoms with van der Waals surface area (Å²) in [5.74, 6) is 1.74. The zero-order chi connectivity index (χ0) is 16.5. The van der Waals surface area contributed by atoms with Crippen LogP contribution in [0.25, 0.3) is 0 Å². The highest BCUT2D eigenvalue weighted by atomic mass is 16.6. The van der Waals surface area contributed by atoms with E-state index in [9.17, 15) is 4.79 Å². The van der Waals surface area contributed by atoms with Gasteiger partial charge in [-0.05, 0) is 18.6 Å². The Morgan fingerprint density at radius 3 is 3.00 bits per heavy atom. The van der Waals surface area contributed by atoms with E-state index in [0.29, 0.717) is 36.9 Å². The molecule has 0 unspecified atom stereocenters. The van der Waals surface area contributed by atoms with E-state index in [1.54, 1.807) is 24.4 Å². The predicted octanol–water partition coefficient (Wildman–Crippen LogP) is 1.45. The monoisotopic (exact) mass is 329 g/mol. The Morgan fingerprint density at radius 1 is 1.29 bits per heavy atom. The molecule has 2 aliphatic rings. The number of carbonyl (C=O) groups is 1. The number of para-hydroxylation sites is 1. The van der Waals surface area contributed by atoms with Gasteiger partial charge in [0, 0.05) is 26.0 Å². The van der Waals surface area contributed by atoms with Crippen LogP contribution in [-0.4, -0.2) is 41.3 Å². The van der Waals surface area contributed by atoms with Gasteiger partial charge >= 0.3 is 0 Å². The average molecular weight is 329 g/mol. The molecule has 1 amide bonds. The lowest BCUT2D eigenvalue weighted by atomic mass is 10.1. The maximum atomic E-state index is 12.7. The fourth-order valence-corrected chi connectivity index (χ4v) is 3.14. The molecule has 2 aromatic rings. The molecule has 2 atom stereocenters. The number of hydrogen-bond acceptors (Lipinski definition) is 5. The normalized spacial score (nSPS) is 22.4. The van der Waals surface area contributed by atoms with Gasteiger partial charge in [0.1, 0.15) is 25.1 Å². The molecule has 1 fully saturated rings. The van der Waals surface area contributed by atoms with Gasteiger partial charge in [-0.25, -0.2) is 4.98 Å². The molecule has 126 valence electrons. The number of benzene rings is 1. The number of fused-ring (bicyclic) bond motifs is 1. The van der Waals surface area contributed by atoms with E-state index in [2.05, 4.69) is 10.3 Å². The number of imidazole rings is 1. The number of amides is 1. The van der Waals surface area contributed by atoms with Gasteiger partial charge in [0.2, 0.25) is 0 Å². The van der Waals surface area contributed by atoms with Crippen LogP contribution < -0.4 is 14.8 Å². The summed E-state index contributed by atoms with van der Waals surface area (Å²) in [5.41, 5.74) is 0.484. The van der Waals surface area contributed by atoms with E-state index in [4.69, 9.17) is 14.2 Å². The molecule has 4 rings (SSSR count). The van der Waals surface area contributed by atoms with Crippen LogP contribution in [0.3, 0.4) is 0 Å². The number of nitrogens with zero attached hydrogens (tertiary/aromatic N) is 2. The lowest BCUT2D eigenvalue weighted by molar-refractivity contribution is 0.0773. The first-order valence-corrected chi connectivity index (χ1v) is 8.02. The Morgan fingerprint density at radius 2 is 2.17 bits per heavy atom. The molecule has 7 nitrogen and oxygen atoms in total. The van der Waals surface area contributed by atoms with Crippen molar-refractivity contribution in [2.45, 2.75) is 18.6 Å². The van der Waals surface area contributed by atoms with Crippen LogP contribution in [0, 0.1) is 0 Å². The van der Waals surface area contributed by atoms with E-state index in [1.807, 2.05) is 17.8 Å². The van der Waals surface area contributed by atoms with Crippen LogP contribution in [0.5, 0.6) is 11.5 Å². The first kappa shape index (κ1) is 15.0. The van der Waals surface area contributed by atoms with Crippen molar-refractivity contribution in [2.75, 3.05) is 19.8 Å². The maximum absolute atomic E-state index is 12.7. The molecule has 0 bridgehead atoms. The Bertz CT molecular complexity index is 758. The number of aromatic nitrogens is 2. The largest absolute Gasteiger partial charge is 0.486 e. The summed E-state index contributed by atoms with van der Waals surface area (Å²) < 4.78 is 18.9. The van der Waals surface area contributed by atoms with Gasteiger partial charge in [-0.2, -0.15) is 0 Å². The minimum absolute atomic E-state index is 0.126. The maximum Gasteiger partial charge on any atom is 0.255 e. The third-order valence-corrected chi connectivity index (χ3v) is 4.33. The molecule has 0 saturated carbocycles. The summed E-state index contributed by atoms with van der Waals surface area (Å²) in [7, 11) is 1.92. The molecule has 3 heterocycles. The molecule has 1 N–H and O–H groups in total. The number of aryl methyl sites for hydroxylation is 1.